The SMILES string of the molecule is Cl.c1ncc2c3c1CCCN3CCC2. The largest absolute Gasteiger partial charge is 0.371 e. The van der Waals surface area contributed by atoms with Gasteiger partial charge in [-0.3, -0.25) is 4.98 Å². The molecular formula is C11H15ClN2. The van der Waals surface area contributed by atoms with E-state index in [1.54, 1.807) is 0 Å². The molecule has 1 aromatic rings. The van der Waals surface area contributed by atoms with Crippen molar-refractivity contribution in [1.82, 2.24) is 4.98 Å². The molecular weight excluding hydrogens is 196 g/mol. The number of aromatic nitrogens is 1. The monoisotopic (exact) mass is 210 g/mol. The molecule has 0 unspecified atom stereocenters. The van der Waals surface area contributed by atoms with E-state index in [4.69, 9.17) is 0 Å². The van der Waals surface area contributed by atoms with Crippen molar-refractivity contribution in [3.05, 3.63) is 23.5 Å². The first kappa shape index (κ1) is 9.78. The lowest BCUT2D eigenvalue weighted by Gasteiger charge is -2.36. The molecule has 3 heteroatoms. The van der Waals surface area contributed by atoms with Crippen LogP contribution in [0.25, 0.3) is 0 Å². The van der Waals surface area contributed by atoms with Gasteiger partial charge in [0.25, 0.3) is 0 Å². The van der Waals surface area contributed by atoms with Crippen LogP contribution in [0, 0.1) is 0 Å². The van der Waals surface area contributed by atoms with Crippen LogP contribution in [-0.2, 0) is 12.8 Å². The topological polar surface area (TPSA) is 16.1 Å². The van der Waals surface area contributed by atoms with Gasteiger partial charge in [-0.25, -0.2) is 0 Å². The molecule has 0 bridgehead atoms. The highest BCUT2D eigenvalue weighted by Gasteiger charge is 2.23. The third-order valence-corrected chi connectivity index (χ3v) is 3.13. The minimum atomic E-state index is 0. The first-order chi connectivity index (χ1) is 6.45. The summed E-state index contributed by atoms with van der Waals surface area (Å²) in [6.45, 7) is 2.51. The van der Waals surface area contributed by atoms with Gasteiger partial charge in [-0.1, -0.05) is 0 Å². The van der Waals surface area contributed by atoms with Crippen LogP contribution in [0.15, 0.2) is 12.4 Å². The molecule has 1 aromatic heterocycles. The molecule has 0 aromatic carbocycles. The van der Waals surface area contributed by atoms with E-state index in [2.05, 4.69) is 22.3 Å². The van der Waals surface area contributed by atoms with Gasteiger partial charge in [0.05, 0.1) is 0 Å². The summed E-state index contributed by atoms with van der Waals surface area (Å²) in [4.78, 5) is 6.85. The van der Waals surface area contributed by atoms with E-state index in [1.807, 2.05) is 0 Å². The molecule has 0 spiro atoms. The molecule has 0 N–H and O–H groups in total. The fourth-order valence-corrected chi connectivity index (χ4v) is 2.57. The Balaban J connectivity index is 0.000000750. The van der Waals surface area contributed by atoms with Crippen LogP contribution >= 0.6 is 12.4 Å². The Morgan fingerprint density at radius 2 is 1.57 bits per heavy atom. The molecule has 0 saturated heterocycles. The summed E-state index contributed by atoms with van der Waals surface area (Å²) in [6.07, 6.45) is 9.17. The molecule has 14 heavy (non-hydrogen) atoms. The van der Waals surface area contributed by atoms with Crippen molar-refractivity contribution in [2.75, 3.05) is 18.0 Å². The number of halogens is 1. The van der Waals surface area contributed by atoms with E-state index in [0.717, 1.165) is 0 Å². The quantitative estimate of drug-likeness (QED) is 0.653. The maximum absolute atomic E-state index is 4.31. The molecule has 0 aliphatic carbocycles. The van der Waals surface area contributed by atoms with E-state index in [0.29, 0.717) is 0 Å². The highest BCUT2D eigenvalue weighted by atomic mass is 35.5. The Bertz CT molecular complexity index is 310. The predicted octanol–water partition coefficient (Wildman–Crippen LogP) is 2.20. The van der Waals surface area contributed by atoms with E-state index in [9.17, 15) is 0 Å². The van der Waals surface area contributed by atoms with E-state index >= 15 is 0 Å². The predicted molar refractivity (Wildman–Crippen MR) is 60.3 cm³/mol. The third-order valence-electron chi connectivity index (χ3n) is 3.13. The summed E-state index contributed by atoms with van der Waals surface area (Å²) in [5.41, 5.74) is 4.47. The normalized spacial score (nSPS) is 18.4. The first-order valence-electron chi connectivity index (χ1n) is 5.16. The van der Waals surface area contributed by atoms with Gasteiger partial charge >= 0.3 is 0 Å². The second-order valence-corrected chi connectivity index (χ2v) is 4.00. The van der Waals surface area contributed by atoms with Crippen LogP contribution in [0.5, 0.6) is 0 Å². The van der Waals surface area contributed by atoms with Crippen molar-refractivity contribution >= 4 is 18.1 Å². The second kappa shape index (κ2) is 3.77. The molecule has 76 valence electrons. The standard InChI is InChI=1S/C11H14N2.ClH/c1-3-9-7-12-8-10-4-2-6-13(5-1)11(9)10;/h7-8H,1-6H2;1H. The number of pyridine rings is 1. The number of hydrogen-bond donors (Lipinski definition) is 0. The fourth-order valence-electron chi connectivity index (χ4n) is 2.57. The molecule has 2 aliphatic heterocycles. The zero-order valence-electron chi connectivity index (χ0n) is 8.20. The smallest absolute Gasteiger partial charge is 0.0462 e. The molecule has 3 rings (SSSR count). The number of hydrogen-bond acceptors (Lipinski definition) is 2. The van der Waals surface area contributed by atoms with Gasteiger partial charge < -0.3 is 4.90 Å². The number of nitrogens with zero attached hydrogens (tertiary/aromatic N) is 2. The van der Waals surface area contributed by atoms with Crippen molar-refractivity contribution in [3.8, 4) is 0 Å². The molecule has 0 amide bonds. The molecule has 2 aliphatic rings. The lowest BCUT2D eigenvalue weighted by atomic mass is 9.95. The van der Waals surface area contributed by atoms with Gasteiger partial charge in [-0.05, 0) is 36.8 Å². The molecule has 0 atom stereocenters. The molecule has 0 radical (unpaired) electrons. The first-order valence-corrected chi connectivity index (χ1v) is 5.16. The molecule has 0 saturated carbocycles. The van der Waals surface area contributed by atoms with Crippen LogP contribution < -0.4 is 4.90 Å². The molecule has 0 fully saturated rings. The summed E-state index contributed by atoms with van der Waals surface area (Å²) in [5.74, 6) is 0. The summed E-state index contributed by atoms with van der Waals surface area (Å²) < 4.78 is 0. The summed E-state index contributed by atoms with van der Waals surface area (Å²) in [5, 5.41) is 0. The highest BCUT2D eigenvalue weighted by Crippen LogP contribution is 2.33. The van der Waals surface area contributed by atoms with Crippen LogP contribution in [0.1, 0.15) is 24.0 Å². The Hall–Kier alpha value is -0.760. The van der Waals surface area contributed by atoms with Crippen molar-refractivity contribution in [2.24, 2.45) is 0 Å². The van der Waals surface area contributed by atoms with Gasteiger partial charge in [0.2, 0.25) is 0 Å². The van der Waals surface area contributed by atoms with Gasteiger partial charge in [-0.2, -0.15) is 0 Å². The number of rotatable bonds is 0. The number of anilines is 1. The van der Waals surface area contributed by atoms with E-state index in [1.165, 1.54) is 55.6 Å². The Morgan fingerprint density at radius 3 is 2.14 bits per heavy atom. The summed E-state index contributed by atoms with van der Waals surface area (Å²) in [6, 6.07) is 0. The average Bonchev–Trinajstić information content (AvgIpc) is 2.19. The summed E-state index contributed by atoms with van der Waals surface area (Å²) >= 11 is 0. The van der Waals surface area contributed by atoms with Crippen molar-refractivity contribution in [2.45, 2.75) is 25.7 Å². The molecule has 3 heterocycles. The van der Waals surface area contributed by atoms with Crippen LogP contribution in [0.4, 0.5) is 5.69 Å². The fraction of sp³-hybridized carbons (Fsp3) is 0.545. The zero-order chi connectivity index (χ0) is 8.67. The maximum Gasteiger partial charge on any atom is 0.0462 e. The highest BCUT2D eigenvalue weighted by molar-refractivity contribution is 5.85. The lowest BCUT2D eigenvalue weighted by Crippen LogP contribution is -2.34. The van der Waals surface area contributed by atoms with Crippen LogP contribution in [0.2, 0.25) is 0 Å². The van der Waals surface area contributed by atoms with Crippen LogP contribution in [-0.4, -0.2) is 18.1 Å². The molecule has 2 nitrogen and oxygen atoms in total. The van der Waals surface area contributed by atoms with E-state index in [-0.39, 0.29) is 12.4 Å². The number of aryl methyl sites for hydroxylation is 2. The van der Waals surface area contributed by atoms with Crippen molar-refractivity contribution in [1.29, 1.82) is 0 Å². The van der Waals surface area contributed by atoms with Crippen molar-refractivity contribution < 1.29 is 0 Å². The van der Waals surface area contributed by atoms with Crippen LogP contribution in [0.3, 0.4) is 0 Å². The minimum Gasteiger partial charge on any atom is -0.371 e. The van der Waals surface area contributed by atoms with Gasteiger partial charge in [0.1, 0.15) is 0 Å². The Kier molecular flexibility index (Phi) is 2.64. The minimum absolute atomic E-state index is 0. The Labute approximate surface area is 90.7 Å². The Morgan fingerprint density at radius 1 is 1.00 bits per heavy atom. The van der Waals surface area contributed by atoms with Gasteiger partial charge in [0.15, 0.2) is 0 Å². The van der Waals surface area contributed by atoms with Gasteiger partial charge in [-0.15, -0.1) is 12.4 Å². The summed E-state index contributed by atoms with van der Waals surface area (Å²) in [7, 11) is 0. The third kappa shape index (κ3) is 1.38. The second-order valence-electron chi connectivity index (χ2n) is 4.00. The average molecular weight is 211 g/mol. The lowest BCUT2D eigenvalue weighted by molar-refractivity contribution is 0.630. The van der Waals surface area contributed by atoms with Crippen molar-refractivity contribution in [3.63, 3.8) is 0 Å². The zero-order valence-corrected chi connectivity index (χ0v) is 9.02. The van der Waals surface area contributed by atoms with Gasteiger partial charge in [0, 0.05) is 31.2 Å². The van der Waals surface area contributed by atoms with E-state index < -0.39 is 0 Å². The maximum atomic E-state index is 4.31.